The lowest BCUT2D eigenvalue weighted by Gasteiger charge is -2.47. The highest BCUT2D eigenvalue weighted by Gasteiger charge is 2.40. The number of hydrogen-bond acceptors (Lipinski definition) is 7. The van der Waals surface area contributed by atoms with Gasteiger partial charge in [0.1, 0.15) is 5.60 Å². The molecule has 0 spiro atoms. The summed E-state index contributed by atoms with van der Waals surface area (Å²) in [7, 11) is 3.59. The molecule has 4 aromatic rings. The third-order valence-electron chi connectivity index (χ3n) is 9.98. The Morgan fingerprint density at radius 1 is 1.04 bits per heavy atom. The van der Waals surface area contributed by atoms with E-state index in [2.05, 4.69) is 27.6 Å². The minimum Gasteiger partial charge on any atom is -1.00 e. The number of rotatable bonds is 10. The molecule has 0 saturated carbocycles. The number of methoxy groups -OCH3 is 1. The van der Waals surface area contributed by atoms with E-state index in [1.54, 1.807) is 21.7 Å². The van der Waals surface area contributed by atoms with E-state index < -0.39 is 17.2 Å². The minimum absolute atomic E-state index is 0. The monoisotopic (exact) mass is 831 g/mol. The van der Waals surface area contributed by atoms with Crippen molar-refractivity contribution in [3.63, 3.8) is 0 Å². The van der Waals surface area contributed by atoms with Gasteiger partial charge < -0.3 is 53.5 Å². The Balaban J connectivity index is 0.00000523. The predicted molar refractivity (Wildman–Crippen MR) is 191 cm³/mol. The van der Waals surface area contributed by atoms with Crippen LogP contribution in [0.15, 0.2) is 48.9 Å². The number of aryl methyl sites for hydroxylation is 1. The van der Waals surface area contributed by atoms with Crippen molar-refractivity contribution in [3.8, 4) is 17.0 Å². The normalized spacial score (nSPS) is 19.1. The zero-order valence-corrected chi connectivity index (χ0v) is 32.8. The molecule has 11 nitrogen and oxygen atoms in total. The van der Waals surface area contributed by atoms with Gasteiger partial charge in [0.25, 0.3) is 5.91 Å². The second-order valence-corrected chi connectivity index (χ2v) is 15.1. The average Bonchev–Trinajstić information content (AvgIpc) is 3.51. The first kappa shape index (κ1) is 39.2. The number of quaternary nitrogens is 1. The van der Waals surface area contributed by atoms with Gasteiger partial charge in [0, 0.05) is 67.6 Å². The Morgan fingerprint density at radius 2 is 1.77 bits per heavy atom. The average molecular weight is 832 g/mol. The zero-order chi connectivity index (χ0) is 36.5. The maximum absolute atomic E-state index is 14.9. The van der Waals surface area contributed by atoms with Crippen molar-refractivity contribution in [2.24, 2.45) is 11.8 Å². The molecule has 2 aromatic carbocycles. The molecule has 2 aliphatic heterocycles. The number of piperidine rings is 1. The number of anilines is 2. The number of hydrogen-bond donors (Lipinski definition) is 2. The number of aromatic nitrogens is 3. The summed E-state index contributed by atoms with van der Waals surface area (Å²) in [6.07, 6.45) is 7.16. The van der Waals surface area contributed by atoms with Crippen LogP contribution in [0.2, 0.25) is 0 Å². The van der Waals surface area contributed by atoms with Crippen molar-refractivity contribution in [3.05, 3.63) is 71.7 Å². The van der Waals surface area contributed by atoms with E-state index in [4.69, 9.17) is 9.47 Å². The van der Waals surface area contributed by atoms with Crippen LogP contribution in [-0.4, -0.2) is 94.8 Å². The molecule has 2 amide bonds. The SMILES string of the molecule is CCc1cc(Nc2nccn3c(-c4ccc(OC)c(F)c4F)cnc23)ccc1C(=O)NCC1CC[N+](C)(CC2CN(C(=O)OC(C)(C)C)C2)CC1.[I-]. The van der Waals surface area contributed by atoms with E-state index in [0.717, 1.165) is 61.3 Å². The fraction of sp³-hybridized carbons (Fsp3) is 0.474. The number of likely N-dealkylation sites (tertiary alicyclic amines) is 2. The summed E-state index contributed by atoms with van der Waals surface area (Å²) in [5, 5.41) is 6.47. The molecule has 0 aliphatic carbocycles. The largest absolute Gasteiger partial charge is 1.00 e. The molecule has 4 heterocycles. The van der Waals surface area contributed by atoms with Gasteiger partial charge in [-0.3, -0.25) is 9.20 Å². The molecule has 52 heavy (non-hydrogen) atoms. The lowest BCUT2D eigenvalue weighted by atomic mass is 9.92. The first-order valence-corrected chi connectivity index (χ1v) is 17.6. The van der Waals surface area contributed by atoms with Crippen molar-refractivity contribution in [1.29, 1.82) is 0 Å². The molecule has 2 saturated heterocycles. The molecule has 280 valence electrons. The fourth-order valence-electron chi connectivity index (χ4n) is 7.16. The Hall–Kier alpha value is -4.05. The van der Waals surface area contributed by atoms with Crippen LogP contribution in [0.5, 0.6) is 5.75 Å². The molecular formula is C38H48F2IN7O4. The molecule has 14 heteroatoms. The number of benzene rings is 2. The Labute approximate surface area is 320 Å². The van der Waals surface area contributed by atoms with Crippen LogP contribution in [0.3, 0.4) is 0 Å². The number of fused-ring (bicyclic) bond motifs is 1. The van der Waals surface area contributed by atoms with E-state index in [9.17, 15) is 18.4 Å². The number of carbonyl (C=O) groups excluding carboxylic acids is 2. The summed E-state index contributed by atoms with van der Waals surface area (Å²) in [4.78, 5) is 36.4. The quantitative estimate of drug-likeness (QED) is 0.186. The molecule has 6 rings (SSSR count). The Kier molecular flexibility index (Phi) is 12.0. The number of amides is 2. The van der Waals surface area contributed by atoms with Gasteiger partial charge in [-0.2, -0.15) is 4.39 Å². The number of ether oxygens (including phenoxy) is 2. The molecule has 2 fully saturated rings. The van der Waals surface area contributed by atoms with Gasteiger partial charge in [-0.25, -0.2) is 19.2 Å². The van der Waals surface area contributed by atoms with Gasteiger partial charge in [-0.05, 0) is 69.0 Å². The maximum Gasteiger partial charge on any atom is 0.410 e. The van der Waals surface area contributed by atoms with Crippen LogP contribution in [0.1, 0.15) is 56.5 Å². The number of carbonyl (C=O) groups is 2. The molecule has 0 bridgehead atoms. The number of nitrogens with zero attached hydrogens (tertiary/aromatic N) is 5. The second kappa shape index (κ2) is 15.9. The third-order valence-corrected chi connectivity index (χ3v) is 9.98. The third kappa shape index (κ3) is 8.59. The van der Waals surface area contributed by atoms with Gasteiger partial charge in [-0.15, -0.1) is 0 Å². The number of halogens is 3. The predicted octanol–water partition coefficient (Wildman–Crippen LogP) is 3.45. The lowest BCUT2D eigenvalue weighted by molar-refractivity contribution is -0.918. The molecule has 0 atom stereocenters. The van der Waals surface area contributed by atoms with Crippen LogP contribution < -0.4 is 39.3 Å². The second-order valence-electron chi connectivity index (χ2n) is 15.1. The highest BCUT2D eigenvalue weighted by molar-refractivity contribution is 5.96. The first-order valence-electron chi connectivity index (χ1n) is 17.6. The van der Waals surface area contributed by atoms with E-state index >= 15 is 0 Å². The number of nitrogens with one attached hydrogen (secondary N) is 2. The van der Waals surface area contributed by atoms with Gasteiger partial charge in [-0.1, -0.05) is 6.92 Å². The van der Waals surface area contributed by atoms with Crippen LogP contribution in [-0.2, 0) is 11.2 Å². The van der Waals surface area contributed by atoms with Gasteiger partial charge in [0.05, 0.1) is 45.7 Å². The Bertz CT molecular complexity index is 1920. The topological polar surface area (TPSA) is 110 Å². The fourth-order valence-corrected chi connectivity index (χ4v) is 7.16. The van der Waals surface area contributed by atoms with Crippen LogP contribution in [0.4, 0.5) is 25.1 Å². The van der Waals surface area contributed by atoms with E-state index in [-0.39, 0.29) is 47.3 Å². The van der Waals surface area contributed by atoms with E-state index in [1.807, 2.05) is 45.9 Å². The van der Waals surface area contributed by atoms with Crippen LogP contribution >= 0.6 is 0 Å². The smallest absolute Gasteiger partial charge is 0.410 e. The van der Waals surface area contributed by atoms with Crippen molar-refractivity contribution in [2.45, 2.75) is 52.6 Å². The summed E-state index contributed by atoms with van der Waals surface area (Å²) in [5.41, 5.74) is 2.60. The van der Waals surface area contributed by atoms with Gasteiger partial charge >= 0.3 is 6.09 Å². The molecule has 2 aromatic heterocycles. The van der Waals surface area contributed by atoms with Gasteiger partial charge in [0.2, 0.25) is 5.82 Å². The summed E-state index contributed by atoms with van der Waals surface area (Å²) >= 11 is 0. The molecular weight excluding hydrogens is 783 g/mol. The van der Waals surface area contributed by atoms with Crippen molar-refractivity contribution < 1.29 is 56.3 Å². The Morgan fingerprint density at radius 3 is 2.44 bits per heavy atom. The van der Waals surface area contributed by atoms with Crippen LogP contribution in [0.25, 0.3) is 16.9 Å². The van der Waals surface area contributed by atoms with E-state index in [0.29, 0.717) is 47.5 Å². The lowest BCUT2D eigenvalue weighted by Crippen LogP contribution is -3.00. The summed E-state index contributed by atoms with van der Waals surface area (Å²) in [6, 6.07) is 8.40. The first-order chi connectivity index (χ1) is 24.3. The zero-order valence-electron chi connectivity index (χ0n) is 30.6. The maximum atomic E-state index is 14.9. The summed E-state index contributed by atoms with van der Waals surface area (Å²) in [5.74, 6) is -1.03. The molecule has 2 aliphatic rings. The number of imidazole rings is 1. The molecule has 2 N–H and O–H groups in total. The van der Waals surface area contributed by atoms with Crippen molar-refractivity contribution in [2.75, 3.05) is 58.7 Å². The van der Waals surface area contributed by atoms with E-state index in [1.165, 1.54) is 25.4 Å². The molecule has 0 radical (unpaired) electrons. The highest BCUT2D eigenvalue weighted by atomic mass is 127. The van der Waals surface area contributed by atoms with Crippen LogP contribution in [0, 0.1) is 23.5 Å². The minimum atomic E-state index is -1.07. The summed E-state index contributed by atoms with van der Waals surface area (Å²) < 4.78 is 42.4. The van der Waals surface area contributed by atoms with Gasteiger partial charge in [0.15, 0.2) is 23.0 Å². The van der Waals surface area contributed by atoms with Crippen molar-refractivity contribution in [1.82, 2.24) is 24.6 Å². The molecule has 0 unspecified atom stereocenters. The highest BCUT2D eigenvalue weighted by Crippen LogP contribution is 2.32. The van der Waals surface area contributed by atoms with Crippen molar-refractivity contribution >= 4 is 29.2 Å². The summed E-state index contributed by atoms with van der Waals surface area (Å²) in [6.45, 7) is 13.0. The standard InChI is InChI=1S/C38H47F2N7O4.HI/c1-7-26-18-27(44-34-35-42-20-30(46(35)15-14-41-34)29-10-11-31(50-6)33(40)32(29)39)8-9-28(26)36(48)43-19-24-12-16-47(5,17-13-24)23-25-21-45(22-25)37(49)51-38(2,3)4;/h8-11,14-15,18,20,24-25H,7,12-13,16-17,19,21-23H2,1-6H3,(H-,41,43,44,48);1H.